The molecule has 42 heavy (non-hydrogen) atoms. The molecule has 0 aliphatic heterocycles. The zero-order chi connectivity index (χ0) is 29.4. The second kappa shape index (κ2) is 13.8. The Balaban J connectivity index is 1.35. The van der Waals surface area contributed by atoms with Crippen LogP contribution in [0, 0.1) is 5.92 Å². The number of carbonyl (C=O) groups excluding carboxylic acids is 1. The van der Waals surface area contributed by atoms with Gasteiger partial charge in [0.2, 0.25) is 5.88 Å². The minimum absolute atomic E-state index is 0.150. The van der Waals surface area contributed by atoms with Crippen LogP contribution in [0.4, 0.5) is 11.4 Å². The number of pyridine rings is 1. The summed E-state index contributed by atoms with van der Waals surface area (Å²) in [5, 5.41) is 15.0. The van der Waals surface area contributed by atoms with Gasteiger partial charge in [0.15, 0.2) is 0 Å². The van der Waals surface area contributed by atoms with Crippen molar-refractivity contribution in [1.29, 1.82) is 0 Å². The average Bonchev–Trinajstić information content (AvgIpc) is 3.02. The van der Waals surface area contributed by atoms with Gasteiger partial charge >= 0.3 is 5.97 Å². The molecule has 8 heteroatoms. The van der Waals surface area contributed by atoms with Crippen molar-refractivity contribution in [3.63, 3.8) is 0 Å². The summed E-state index contributed by atoms with van der Waals surface area (Å²) in [5.41, 5.74) is 9.74. The van der Waals surface area contributed by atoms with Gasteiger partial charge in [-0.2, -0.15) is 0 Å². The average molecular weight is 571 g/mol. The first-order chi connectivity index (χ1) is 20.4. The van der Waals surface area contributed by atoms with Crippen molar-refractivity contribution in [2.24, 2.45) is 16.6 Å². The minimum atomic E-state index is -0.977. The van der Waals surface area contributed by atoms with Crippen molar-refractivity contribution in [3.8, 4) is 5.88 Å². The fourth-order valence-corrected chi connectivity index (χ4v) is 6.03. The number of nitrogens with zero attached hydrogens (tertiary/aromatic N) is 2. The number of amidine groups is 1. The van der Waals surface area contributed by atoms with Crippen LogP contribution in [0.25, 0.3) is 0 Å². The summed E-state index contributed by atoms with van der Waals surface area (Å²) in [6, 6.07) is 19.8. The van der Waals surface area contributed by atoms with Crippen LogP contribution < -0.4 is 15.8 Å². The molecule has 0 radical (unpaired) electrons. The van der Waals surface area contributed by atoms with Crippen molar-refractivity contribution in [2.75, 3.05) is 11.9 Å². The Labute approximate surface area is 248 Å². The fraction of sp³-hybridized carbons (Fsp3) is 0.441. The van der Waals surface area contributed by atoms with Gasteiger partial charge in [0.25, 0.3) is 0 Å². The minimum Gasteiger partial charge on any atom is -0.472 e. The van der Waals surface area contributed by atoms with E-state index in [4.69, 9.17) is 20.2 Å². The number of ether oxygens (including phenoxy) is 2. The fourth-order valence-electron chi connectivity index (χ4n) is 6.03. The molecule has 0 saturated heterocycles. The van der Waals surface area contributed by atoms with Crippen LogP contribution in [0.5, 0.6) is 5.88 Å². The lowest BCUT2D eigenvalue weighted by Crippen LogP contribution is -2.34. The standard InChI is InChI=1S/C34H42N4O4/c1-2-41-33(39)25-17-20-34(40,21-18-25)26-13-15-28(16-14-26)38-31(35)30-29(37-27-11-7-4-8-12-27)19-22-36-32(30)42-23-24-9-5-3-6-10-24/h3,5-6,9-10,13-16,19,22,25,27,40H,2,4,7-8,11-12,17-18,20-21,23H2,1H3,(H2,35,38)(H,36,37). The molecule has 1 aromatic heterocycles. The maximum absolute atomic E-state index is 12.1. The SMILES string of the molecule is CCOC(=O)C1CCC(O)(c2ccc(N=C(N)c3c(NC4CCCCC4)ccnc3OCc3ccccc3)cc2)CC1. The lowest BCUT2D eigenvalue weighted by molar-refractivity contribution is -0.151. The third-order valence-corrected chi connectivity index (χ3v) is 8.44. The number of aromatic nitrogens is 1. The van der Waals surface area contributed by atoms with Crippen LogP contribution in [0.3, 0.4) is 0 Å². The number of carbonyl (C=O) groups is 1. The van der Waals surface area contributed by atoms with E-state index < -0.39 is 5.60 Å². The lowest BCUT2D eigenvalue weighted by atomic mass is 9.75. The largest absolute Gasteiger partial charge is 0.472 e. The highest BCUT2D eigenvalue weighted by atomic mass is 16.5. The molecule has 2 aliphatic carbocycles. The predicted octanol–water partition coefficient (Wildman–Crippen LogP) is 6.38. The molecule has 2 fully saturated rings. The van der Waals surface area contributed by atoms with Crippen molar-refractivity contribution in [3.05, 3.63) is 83.6 Å². The molecule has 0 atom stereocenters. The Morgan fingerprint density at radius 2 is 1.74 bits per heavy atom. The van der Waals surface area contributed by atoms with E-state index in [0.29, 0.717) is 67.9 Å². The first kappa shape index (κ1) is 29.6. The molecule has 0 spiro atoms. The van der Waals surface area contributed by atoms with E-state index in [1.165, 1.54) is 19.3 Å². The van der Waals surface area contributed by atoms with Crippen molar-refractivity contribution in [1.82, 2.24) is 4.98 Å². The monoisotopic (exact) mass is 570 g/mol. The number of aliphatic hydroxyl groups is 1. The summed E-state index contributed by atoms with van der Waals surface area (Å²) >= 11 is 0. The summed E-state index contributed by atoms with van der Waals surface area (Å²) in [7, 11) is 0. The molecule has 5 rings (SSSR count). The Hall–Kier alpha value is -3.91. The Kier molecular flexibility index (Phi) is 9.74. The summed E-state index contributed by atoms with van der Waals surface area (Å²) in [5.74, 6) is 0.429. The molecule has 1 heterocycles. The third-order valence-electron chi connectivity index (χ3n) is 8.44. The smallest absolute Gasteiger partial charge is 0.308 e. The van der Waals surface area contributed by atoms with Crippen LogP contribution in [-0.2, 0) is 21.7 Å². The van der Waals surface area contributed by atoms with Gasteiger partial charge in [-0.25, -0.2) is 9.98 Å². The molecule has 2 aromatic carbocycles. The molecule has 3 aromatic rings. The normalized spacial score (nSPS) is 21.5. The quantitative estimate of drug-likeness (QED) is 0.147. The second-order valence-electron chi connectivity index (χ2n) is 11.4. The second-order valence-corrected chi connectivity index (χ2v) is 11.4. The highest BCUT2D eigenvalue weighted by Crippen LogP contribution is 2.40. The molecule has 0 unspecified atom stereocenters. The van der Waals surface area contributed by atoms with Crippen LogP contribution in [0.1, 0.15) is 81.4 Å². The number of benzene rings is 2. The van der Waals surface area contributed by atoms with Crippen molar-refractivity contribution >= 4 is 23.2 Å². The van der Waals surface area contributed by atoms with Crippen LogP contribution >= 0.6 is 0 Å². The number of rotatable bonds is 10. The first-order valence-corrected chi connectivity index (χ1v) is 15.2. The van der Waals surface area contributed by atoms with E-state index in [9.17, 15) is 9.90 Å². The number of hydrogen-bond donors (Lipinski definition) is 3. The van der Waals surface area contributed by atoms with Crippen LogP contribution in [0.2, 0.25) is 0 Å². The van der Waals surface area contributed by atoms with Gasteiger partial charge in [-0.15, -0.1) is 0 Å². The van der Waals surface area contributed by atoms with Gasteiger partial charge < -0.3 is 25.6 Å². The van der Waals surface area contributed by atoms with E-state index >= 15 is 0 Å². The molecule has 222 valence electrons. The molecule has 8 nitrogen and oxygen atoms in total. The number of aliphatic imine (C=N–C) groups is 1. The van der Waals surface area contributed by atoms with E-state index in [0.717, 1.165) is 29.7 Å². The number of esters is 1. The summed E-state index contributed by atoms with van der Waals surface area (Å²) in [6.45, 7) is 2.56. The maximum Gasteiger partial charge on any atom is 0.308 e. The molecule has 4 N–H and O–H groups in total. The van der Waals surface area contributed by atoms with Crippen LogP contribution in [0.15, 0.2) is 71.9 Å². The van der Waals surface area contributed by atoms with E-state index in [1.807, 2.05) is 67.6 Å². The number of nitrogens with two attached hydrogens (primary N) is 1. The zero-order valence-electron chi connectivity index (χ0n) is 24.4. The van der Waals surface area contributed by atoms with E-state index in [2.05, 4.69) is 10.3 Å². The topological polar surface area (TPSA) is 119 Å². The Bertz CT molecular complexity index is 1350. The predicted molar refractivity (Wildman–Crippen MR) is 165 cm³/mol. The summed E-state index contributed by atoms with van der Waals surface area (Å²) in [6.07, 6.45) is 9.89. The molecule has 0 bridgehead atoms. The Morgan fingerprint density at radius 1 is 1.02 bits per heavy atom. The van der Waals surface area contributed by atoms with Gasteiger partial charge in [0.1, 0.15) is 18.0 Å². The highest BCUT2D eigenvalue weighted by Gasteiger charge is 2.37. The molecular formula is C34H42N4O4. The lowest BCUT2D eigenvalue weighted by Gasteiger charge is -2.35. The molecule has 2 aliphatic rings. The maximum atomic E-state index is 12.1. The number of anilines is 1. The summed E-state index contributed by atoms with van der Waals surface area (Å²) in [4.78, 5) is 21.4. The molecular weight excluding hydrogens is 528 g/mol. The van der Waals surface area contributed by atoms with Crippen molar-refractivity contribution in [2.45, 2.75) is 83.0 Å². The van der Waals surface area contributed by atoms with Crippen molar-refractivity contribution < 1.29 is 19.4 Å². The van der Waals surface area contributed by atoms with Crippen LogP contribution in [-0.4, -0.2) is 34.5 Å². The molecule has 0 amide bonds. The van der Waals surface area contributed by atoms with Gasteiger partial charge in [-0.05, 0) is 74.8 Å². The highest BCUT2D eigenvalue weighted by molar-refractivity contribution is 6.05. The van der Waals surface area contributed by atoms with E-state index in [1.54, 1.807) is 6.20 Å². The molecule has 2 saturated carbocycles. The zero-order valence-corrected chi connectivity index (χ0v) is 24.4. The van der Waals surface area contributed by atoms with Gasteiger partial charge in [0, 0.05) is 12.2 Å². The Morgan fingerprint density at radius 3 is 2.43 bits per heavy atom. The van der Waals surface area contributed by atoms with Gasteiger partial charge in [-0.1, -0.05) is 61.7 Å². The van der Waals surface area contributed by atoms with Gasteiger partial charge in [-0.3, -0.25) is 4.79 Å². The number of hydrogen-bond acceptors (Lipinski definition) is 7. The van der Waals surface area contributed by atoms with Gasteiger partial charge in [0.05, 0.1) is 29.5 Å². The summed E-state index contributed by atoms with van der Waals surface area (Å²) < 4.78 is 11.4. The first-order valence-electron chi connectivity index (χ1n) is 15.2. The third kappa shape index (κ3) is 7.29. The number of nitrogens with one attached hydrogen (secondary N) is 1. The van der Waals surface area contributed by atoms with E-state index in [-0.39, 0.29) is 11.9 Å².